The number of aromatic nitrogens is 2. The van der Waals surface area contributed by atoms with E-state index in [0.29, 0.717) is 0 Å². The number of hydrogen-bond donors (Lipinski definition) is 1. The van der Waals surface area contributed by atoms with Gasteiger partial charge in [0.2, 0.25) is 0 Å². The van der Waals surface area contributed by atoms with Gasteiger partial charge in [-0.2, -0.15) is 0 Å². The average molecular weight is 288 g/mol. The van der Waals surface area contributed by atoms with Crippen LogP contribution in [0.3, 0.4) is 0 Å². The first-order chi connectivity index (χ1) is 10.9. The maximum absolute atomic E-state index is 4.18. The molecule has 110 valence electrons. The zero-order chi connectivity index (χ0) is 15.2. The van der Waals surface area contributed by atoms with E-state index in [9.17, 15) is 0 Å². The van der Waals surface area contributed by atoms with E-state index >= 15 is 0 Å². The Kier molecular flexibility index (Phi) is 4.50. The number of aromatic amines is 1. The minimum Gasteiger partial charge on any atom is -0.358 e. The summed E-state index contributed by atoms with van der Waals surface area (Å²) in [6.07, 6.45) is 4.16. The molecule has 2 heteroatoms. The Morgan fingerprint density at radius 2 is 1.59 bits per heavy atom. The molecule has 22 heavy (non-hydrogen) atoms. The van der Waals surface area contributed by atoms with Crippen molar-refractivity contribution < 1.29 is 0 Å². The lowest BCUT2D eigenvalue weighted by atomic mass is 10.2. The SMILES string of the molecule is CCCc1cc2ccccc2[nH]1.c1ccc2ncccc2c1. The van der Waals surface area contributed by atoms with Gasteiger partial charge in [0.05, 0.1) is 5.52 Å². The van der Waals surface area contributed by atoms with Crippen LogP contribution in [0.15, 0.2) is 72.9 Å². The number of nitrogens with one attached hydrogen (secondary N) is 1. The van der Waals surface area contributed by atoms with Crippen LogP contribution in [0.1, 0.15) is 19.0 Å². The summed E-state index contributed by atoms with van der Waals surface area (Å²) < 4.78 is 0. The Labute approximate surface area is 130 Å². The molecule has 0 saturated carbocycles. The molecule has 0 fully saturated rings. The standard InChI is InChI=1S/C11H13N.C9H7N/c1-2-5-10-8-9-6-3-4-7-11(9)12-10;1-2-6-9-8(4-1)5-3-7-10-9/h3-4,6-8,12H,2,5H2,1H3;1-7H. The monoisotopic (exact) mass is 288 g/mol. The molecule has 0 spiro atoms. The normalized spacial score (nSPS) is 10.4. The molecule has 1 N–H and O–H groups in total. The number of nitrogens with zero attached hydrogens (tertiary/aromatic N) is 1. The first-order valence-electron chi connectivity index (χ1n) is 7.73. The third-order valence-corrected chi connectivity index (χ3v) is 3.62. The van der Waals surface area contributed by atoms with Crippen molar-refractivity contribution in [2.75, 3.05) is 0 Å². The highest BCUT2D eigenvalue weighted by Crippen LogP contribution is 2.15. The first-order valence-corrected chi connectivity index (χ1v) is 7.73. The molecule has 0 bridgehead atoms. The van der Waals surface area contributed by atoms with Gasteiger partial charge in [-0.1, -0.05) is 55.8 Å². The third kappa shape index (κ3) is 3.34. The number of para-hydroxylation sites is 2. The summed E-state index contributed by atoms with van der Waals surface area (Å²) in [7, 11) is 0. The fraction of sp³-hybridized carbons (Fsp3) is 0.150. The second-order valence-electron chi connectivity index (χ2n) is 5.33. The molecule has 0 saturated heterocycles. The highest BCUT2D eigenvalue weighted by molar-refractivity contribution is 5.80. The minimum atomic E-state index is 1.06. The molecule has 2 nitrogen and oxygen atoms in total. The van der Waals surface area contributed by atoms with E-state index in [0.717, 1.165) is 11.9 Å². The summed E-state index contributed by atoms with van der Waals surface area (Å²) in [5.74, 6) is 0. The Hall–Kier alpha value is -2.61. The Bertz CT molecular complexity index is 763. The quantitative estimate of drug-likeness (QED) is 0.529. The smallest absolute Gasteiger partial charge is 0.0701 e. The van der Waals surface area contributed by atoms with Crippen LogP contribution in [0.2, 0.25) is 0 Å². The Balaban J connectivity index is 0.000000133. The maximum atomic E-state index is 4.18. The van der Waals surface area contributed by atoms with E-state index in [4.69, 9.17) is 0 Å². The van der Waals surface area contributed by atoms with Gasteiger partial charge in [0, 0.05) is 22.8 Å². The van der Waals surface area contributed by atoms with Gasteiger partial charge < -0.3 is 4.98 Å². The number of benzene rings is 2. The van der Waals surface area contributed by atoms with Crippen molar-refractivity contribution in [1.82, 2.24) is 9.97 Å². The van der Waals surface area contributed by atoms with Crippen LogP contribution in [0.25, 0.3) is 21.8 Å². The lowest BCUT2D eigenvalue weighted by Gasteiger charge is -1.91. The Morgan fingerprint density at radius 1 is 0.864 bits per heavy atom. The predicted molar refractivity (Wildman–Crippen MR) is 94.0 cm³/mol. The molecule has 0 unspecified atom stereocenters. The van der Waals surface area contributed by atoms with Gasteiger partial charge in [0.15, 0.2) is 0 Å². The van der Waals surface area contributed by atoms with Crippen molar-refractivity contribution in [3.05, 3.63) is 78.6 Å². The third-order valence-electron chi connectivity index (χ3n) is 3.62. The fourth-order valence-electron chi connectivity index (χ4n) is 2.55. The summed E-state index contributed by atoms with van der Waals surface area (Å²) in [6.45, 7) is 2.20. The van der Waals surface area contributed by atoms with Crippen molar-refractivity contribution in [1.29, 1.82) is 0 Å². The van der Waals surface area contributed by atoms with Crippen LogP contribution in [0.4, 0.5) is 0 Å². The molecule has 0 aliphatic rings. The zero-order valence-corrected chi connectivity index (χ0v) is 12.8. The van der Waals surface area contributed by atoms with Crippen LogP contribution in [-0.2, 0) is 6.42 Å². The van der Waals surface area contributed by atoms with Crippen molar-refractivity contribution in [3.63, 3.8) is 0 Å². The molecule has 4 rings (SSSR count). The molecule has 0 radical (unpaired) electrons. The van der Waals surface area contributed by atoms with Gasteiger partial charge >= 0.3 is 0 Å². The fourth-order valence-corrected chi connectivity index (χ4v) is 2.55. The summed E-state index contributed by atoms with van der Waals surface area (Å²) in [4.78, 5) is 7.58. The van der Waals surface area contributed by atoms with Crippen molar-refractivity contribution >= 4 is 21.8 Å². The van der Waals surface area contributed by atoms with Gasteiger partial charge in [-0.25, -0.2) is 0 Å². The van der Waals surface area contributed by atoms with E-state index in [1.54, 1.807) is 0 Å². The lowest BCUT2D eigenvalue weighted by Crippen LogP contribution is -1.79. The molecule has 2 aromatic carbocycles. The van der Waals surface area contributed by atoms with Crippen molar-refractivity contribution in [2.24, 2.45) is 0 Å². The van der Waals surface area contributed by atoms with E-state index in [1.807, 2.05) is 30.5 Å². The van der Waals surface area contributed by atoms with E-state index < -0.39 is 0 Å². The second kappa shape index (κ2) is 6.90. The first kappa shape index (κ1) is 14.3. The minimum absolute atomic E-state index is 1.06. The lowest BCUT2D eigenvalue weighted by molar-refractivity contribution is 0.896. The largest absolute Gasteiger partial charge is 0.358 e. The van der Waals surface area contributed by atoms with Gasteiger partial charge in [-0.3, -0.25) is 4.98 Å². The highest BCUT2D eigenvalue weighted by atomic mass is 14.7. The molecule has 0 atom stereocenters. The second-order valence-corrected chi connectivity index (χ2v) is 5.33. The van der Waals surface area contributed by atoms with Gasteiger partial charge in [-0.05, 0) is 36.1 Å². The highest BCUT2D eigenvalue weighted by Gasteiger charge is 1.97. The Morgan fingerprint density at radius 3 is 2.36 bits per heavy atom. The number of rotatable bonds is 2. The van der Waals surface area contributed by atoms with Gasteiger partial charge in [-0.15, -0.1) is 0 Å². The van der Waals surface area contributed by atoms with Crippen LogP contribution < -0.4 is 0 Å². The van der Waals surface area contributed by atoms with Gasteiger partial charge in [0.25, 0.3) is 0 Å². The van der Waals surface area contributed by atoms with Gasteiger partial charge in [0.1, 0.15) is 0 Å². The summed E-state index contributed by atoms with van der Waals surface area (Å²) in [5.41, 5.74) is 3.66. The zero-order valence-electron chi connectivity index (χ0n) is 12.8. The average Bonchev–Trinajstić information content (AvgIpc) is 2.98. The van der Waals surface area contributed by atoms with Crippen molar-refractivity contribution in [2.45, 2.75) is 19.8 Å². The maximum Gasteiger partial charge on any atom is 0.0701 e. The van der Waals surface area contributed by atoms with Crippen molar-refractivity contribution in [3.8, 4) is 0 Å². The number of hydrogen-bond acceptors (Lipinski definition) is 1. The molecule has 4 aromatic rings. The summed E-state index contributed by atoms with van der Waals surface area (Å²) in [6, 6.07) is 22.7. The summed E-state index contributed by atoms with van der Waals surface area (Å²) in [5, 5.41) is 2.52. The number of fused-ring (bicyclic) bond motifs is 2. The number of H-pyrrole nitrogens is 1. The number of aryl methyl sites for hydroxylation is 1. The van der Waals surface area contributed by atoms with Crippen LogP contribution in [-0.4, -0.2) is 9.97 Å². The molecular formula is C20H20N2. The predicted octanol–water partition coefficient (Wildman–Crippen LogP) is 5.36. The van der Waals surface area contributed by atoms with E-state index in [-0.39, 0.29) is 0 Å². The topological polar surface area (TPSA) is 28.7 Å². The molecular weight excluding hydrogens is 268 g/mol. The molecule has 0 aliphatic heterocycles. The van der Waals surface area contributed by atoms with Crippen LogP contribution >= 0.6 is 0 Å². The van der Waals surface area contributed by atoms with Crippen LogP contribution in [0.5, 0.6) is 0 Å². The molecule has 2 heterocycles. The molecule has 0 amide bonds. The van der Waals surface area contributed by atoms with E-state index in [1.165, 1.54) is 28.4 Å². The molecule has 2 aromatic heterocycles. The van der Waals surface area contributed by atoms with Crippen LogP contribution in [0, 0.1) is 0 Å². The molecule has 0 aliphatic carbocycles. The van der Waals surface area contributed by atoms with E-state index in [2.05, 4.69) is 59.4 Å². The number of pyridine rings is 1. The summed E-state index contributed by atoms with van der Waals surface area (Å²) >= 11 is 0.